The van der Waals surface area contributed by atoms with Crippen molar-refractivity contribution in [1.29, 1.82) is 0 Å². The molecule has 0 aromatic heterocycles. The summed E-state index contributed by atoms with van der Waals surface area (Å²) in [5.41, 5.74) is -0.661. The highest BCUT2D eigenvalue weighted by Gasteiger charge is 2.45. The molecule has 0 saturated carbocycles. The number of Topliss-reactive ketones (excluding diaryl/α,β-unsaturated/α-hetero) is 1. The molecule has 1 aromatic rings. The van der Waals surface area contributed by atoms with Gasteiger partial charge in [-0.1, -0.05) is 48.6 Å². The van der Waals surface area contributed by atoms with E-state index in [1.54, 1.807) is 19.1 Å². The monoisotopic (exact) mass is 314 g/mol. The summed E-state index contributed by atoms with van der Waals surface area (Å²) in [5.74, 6) is -1.91. The zero-order valence-corrected chi connectivity index (χ0v) is 13.3. The van der Waals surface area contributed by atoms with Gasteiger partial charge in [0.15, 0.2) is 11.4 Å². The molecule has 0 spiro atoms. The first-order valence-electron chi connectivity index (χ1n) is 7.90. The van der Waals surface area contributed by atoms with E-state index < -0.39 is 17.5 Å². The lowest BCUT2D eigenvalue weighted by Gasteiger charge is -2.30. The third-order valence-electron chi connectivity index (χ3n) is 3.94. The molecule has 1 aliphatic rings. The minimum Gasteiger partial charge on any atom is -0.465 e. The van der Waals surface area contributed by atoms with Crippen LogP contribution < -0.4 is 0 Å². The molecule has 1 N–H and O–H groups in total. The lowest BCUT2D eigenvalue weighted by molar-refractivity contribution is -0.158. The predicted octanol–water partition coefficient (Wildman–Crippen LogP) is 2.61. The summed E-state index contributed by atoms with van der Waals surface area (Å²) in [5, 5.41) is 10.7. The highest BCUT2D eigenvalue weighted by molar-refractivity contribution is 5.95. The van der Waals surface area contributed by atoms with Crippen LogP contribution in [0.15, 0.2) is 54.6 Å². The Morgan fingerprint density at radius 1 is 1.22 bits per heavy atom. The van der Waals surface area contributed by atoms with Crippen molar-refractivity contribution in [3.63, 3.8) is 0 Å². The molecule has 2 atom stereocenters. The number of benzene rings is 1. The summed E-state index contributed by atoms with van der Waals surface area (Å²) < 4.78 is 4.96. The zero-order chi connectivity index (χ0) is 16.7. The topological polar surface area (TPSA) is 63.6 Å². The number of carbonyl (C=O) groups excluding carboxylic acids is 2. The number of ketones is 1. The first-order valence-corrected chi connectivity index (χ1v) is 7.90. The lowest BCUT2D eigenvalue weighted by atomic mass is 9.79. The van der Waals surface area contributed by atoms with Gasteiger partial charge in [0.2, 0.25) is 0 Å². The fourth-order valence-electron chi connectivity index (χ4n) is 2.68. The Morgan fingerprint density at radius 3 is 2.65 bits per heavy atom. The number of esters is 1. The van der Waals surface area contributed by atoms with Gasteiger partial charge in [-0.2, -0.15) is 0 Å². The average Bonchev–Trinajstić information content (AvgIpc) is 2.56. The second-order valence-corrected chi connectivity index (χ2v) is 5.56. The molecule has 0 amide bonds. The van der Waals surface area contributed by atoms with Crippen LogP contribution >= 0.6 is 0 Å². The summed E-state index contributed by atoms with van der Waals surface area (Å²) in [6.07, 6.45) is 7.73. The van der Waals surface area contributed by atoms with Gasteiger partial charge in [-0.15, -0.1) is 0 Å². The molecule has 4 heteroatoms. The maximum atomic E-state index is 12.5. The highest BCUT2D eigenvalue weighted by atomic mass is 16.5. The standard InChI is InChI=1S/C19H22O4/c1-2-23-18(21)16-12-6-7-14-19(16,22)17(20)13-8-11-15-9-4-3-5-10-15/h3-7,9-10,12,14,16,22H,2,8,11,13H2,1H3. The third-order valence-corrected chi connectivity index (χ3v) is 3.94. The summed E-state index contributed by atoms with van der Waals surface area (Å²) in [7, 11) is 0. The lowest BCUT2D eigenvalue weighted by Crippen LogP contribution is -2.48. The van der Waals surface area contributed by atoms with Gasteiger partial charge in [0.05, 0.1) is 6.61 Å². The van der Waals surface area contributed by atoms with Crippen LogP contribution in [-0.4, -0.2) is 29.1 Å². The van der Waals surface area contributed by atoms with Gasteiger partial charge in [-0.05, 0) is 31.4 Å². The van der Waals surface area contributed by atoms with E-state index in [2.05, 4.69) is 0 Å². The maximum absolute atomic E-state index is 12.5. The minimum atomic E-state index is -1.81. The minimum absolute atomic E-state index is 0.208. The number of carbonyl (C=O) groups is 2. The Morgan fingerprint density at radius 2 is 1.96 bits per heavy atom. The Kier molecular flexibility index (Phi) is 5.88. The predicted molar refractivity (Wildman–Crippen MR) is 87.7 cm³/mol. The van der Waals surface area contributed by atoms with Gasteiger partial charge in [0.1, 0.15) is 5.92 Å². The van der Waals surface area contributed by atoms with Crippen molar-refractivity contribution in [1.82, 2.24) is 0 Å². The van der Waals surface area contributed by atoms with Gasteiger partial charge in [0, 0.05) is 6.42 Å². The van der Waals surface area contributed by atoms with Crippen LogP contribution in [-0.2, 0) is 20.7 Å². The van der Waals surface area contributed by atoms with E-state index in [1.165, 1.54) is 12.2 Å². The quantitative estimate of drug-likeness (QED) is 0.786. The Bertz CT molecular complexity index is 603. The van der Waals surface area contributed by atoms with Crippen LogP contribution in [0.3, 0.4) is 0 Å². The van der Waals surface area contributed by atoms with E-state index in [0.717, 1.165) is 12.0 Å². The van der Waals surface area contributed by atoms with E-state index in [4.69, 9.17) is 4.74 Å². The van der Waals surface area contributed by atoms with Crippen LogP contribution in [0.2, 0.25) is 0 Å². The van der Waals surface area contributed by atoms with Crippen molar-refractivity contribution in [2.45, 2.75) is 31.8 Å². The largest absolute Gasteiger partial charge is 0.465 e. The first-order chi connectivity index (χ1) is 11.1. The average molecular weight is 314 g/mol. The van der Waals surface area contributed by atoms with Gasteiger partial charge >= 0.3 is 5.97 Å². The van der Waals surface area contributed by atoms with Gasteiger partial charge in [-0.3, -0.25) is 9.59 Å². The van der Waals surface area contributed by atoms with E-state index in [1.807, 2.05) is 30.3 Å². The molecule has 2 rings (SSSR count). The normalized spacial score (nSPS) is 22.8. The van der Waals surface area contributed by atoms with Crippen molar-refractivity contribution in [3.8, 4) is 0 Å². The van der Waals surface area contributed by atoms with Gasteiger partial charge in [0.25, 0.3) is 0 Å². The molecule has 2 unspecified atom stereocenters. The molecule has 4 nitrogen and oxygen atoms in total. The second kappa shape index (κ2) is 7.88. The molecular weight excluding hydrogens is 292 g/mol. The molecule has 0 bridgehead atoms. The molecule has 0 heterocycles. The summed E-state index contributed by atoms with van der Waals surface area (Å²) in [6.45, 7) is 1.91. The van der Waals surface area contributed by atoms with Gasteiger partial charge < -0.3 is 9.84 Å². The molecule has 1 aromatic carbocycles. The van der Waals surface area contributed by atoms with Crippen molar-refractivity contribution in [3.05, 3.63) is 60.2 Å². The first kappa shape index (κ1) is 17.2. The highest BCUT2D eigenvalue weighted by Crippen LogP contribution is 2.28. The molecule has 23 heavy (non-hydrogen) atoms. The zero-order valence-electron chi connectivity index (χ0n) is 13.3. The molecule has 0 radical (unpaired) electrons. The molecule has 1 aliphatic carbocycles. The Hall–Kier alpha value is -2.20. The number of hydrogen-bond donors (Lipinski definition) is 1. The summed E-state index contributed by atoms with van der Waals surface area (Å²) in [4.78, 5) is 24.5. The second-order valence-electron chi connectivity index (χ2n) is 5.56. The van der Waals surface area contributed by atoms with Crippen LogP contribution in [0, 0.1) is 5.92 Å². The van der Waals surface area contributed by atoms with Crippen LogP contribution in [0.5, 0.6) is 0 Å². The van der Waals surface area contributed by atoms with Crippen molar-refractivity contribution < 1.29 is 19.4 Å². The van der Waals surface area contributed by atoms with Crippen LogP contribution in [0.4, 0.5) is 0 Å². The number of rotatable bonds is 7. The molecular formula is C19H22O4. The van der Waals surface area contributed by atoms with E-state index in [-0.39, 0.29) is 18.8 Å². The van der Waals surface area contributed by atoms with Crippen molar-refractivity contribution >= 4 is 11.8 Å². The molecule has 122 valence electrons. The number of aryl methyl sites for hydroxylation is 1. The van der Waals surface area contributed by atoms with Crippen molar-refractivity contribution in [2.24, 2.45) is 5.92 Å². The molecule has 0 aliphatic heterocycles. The van der Waals surface area contributed by atoms with Crippen molar-refractivity contribution in [2.75, 3.05) is 6.61 Å². The smallest absolute Gasteiger partial charge is 0.316 e. The number of ether oxygens (including phenoxy) is 1. The Balaban J connectivity index is 1.99. The molecule has 0 saturated heterocycles. The fraction of sp³-hybridized carbons (Fsp3) is 0.368. The Labute approximate surface area is 136 Å². The number of allylic oxidation sites excluding steroid dienone is 2. The summed E-state index contributed by atoms with van der Waals surface area (Å²) >= 11 is 0. The van der Waals surface area contributed by atoms with Crippen LogP contribution in [0.1, 0.15) is 25.3 Å². The fourth-order valence-corrected chi connectivity index (χ4v) is 2.68. The van der Waals surface area contributed by atoms with E-state index in [9.17, 15) is 14.7 Å². The number of aliphatic hydroxyl groups is 1. The maximum Gasteiger partial charge on any atom is 0.316 e. The van der Waals surface area contributed by atoms with Gasteiger partial charge in [-0.25, -0.2) is 0 Å². The van der Waals surface area contributed by atoms with E-state index >= 15 is 0 Å². The van der Waals surface area contributed by atoms with Crippen LogP contribution in [0.25, 0.3) is 0 Å². The van der Waals surface area contributed by atoms with E-state index in [0.29, 0.717) is 6.42 Å². The molecule has 0 fully saturated rings. The third kappa shape index (κ3) is 4.17. The summed E-state index contributed by atoms with van der Waals surface area (Å²) in [6, 6.07) is 9.86. The SMILES string of the molecule is CCOC(=O)C1C=CC=CC1(O)C(=O)CCCc1ccccc1. The number of hydrogen-bond acceptors (Lipinski definition) is 4.